The average molecular weight is 544 g/mol. The molecule has 8 nitrogen and oxygen atoms in total. The molecule has 0 bridgehead atoms. The van der Waals surface area contributed by atoms with Crippen LogP contribution in [-0.2, 0) is 31.0 Å². The van der Waals surface area contributed by atoms with E-state index in [0.717, 1.165) is 5.56 Å². The van der Waals surface area contributed by atoms with Crippen LogP contribution in [0.4, 0.5) is 4.79 Å². The van der Waals surface area contributed by atoms with Crippen molar-refractivity contribution in [2.24, 2.45) is 0 Å². The van der Waals surface area contributed by atoms with Crippen molar-refractivity contribution in [3.63, 3.8) is 0 Å². The number of fused-ring (bicyclic) bond motifs is 1. The molecule has 5 atom stereocenters. The zero-order valence-electron chi connectivity index (χ0n) is 23.4. The topological polar surface area (TPSA) is 97.7 Å². The zero-order chi connectivity index (χ0) is 27.9. The third-order valence-corrected chi connectivity index (χ3v) is 12.4. The number of ether oxygens (including phenoxy) is 3. The maximum atomic E-state index is 13.9. The van der Waals surface area contributed by atoms with Crippen molar-refractivity contribution in [2.75, 3.05) is 6.61 Å². The summed E-state index contributed by atoms with van der Waals surface area (Å²) in [4.78, 5) is 15.1. The van der Waals surface area contributed by atoms with E-state index in [9.17, 15) is 15.0 Å². The Morgan fingerprint density at radius 3 is 2.16 bits per heavy atom. The van der Waals surface area contributed by atoms with Crippen LogP contribution in [0.3, 0.4) is 0 Å². The number of hydrogen-bond donors (Lipinski definition) is 2. The summed E-state index contributed by atoms with van der Waals surface area (Å²) in [7, 11) is -2.42. The number of rotatable bonds is 6. The van der Waals surface area contributed by atoms with Gasteiger partial charge in [0.25, 0.3) is 0 Å². The predicted molar refractivity (Wildman–Crippen MR) is 146 cm³/mol. The first-order chi connectivity index (χ1) is 17.7. The van der Waals surface area contributed by atoms with Crippen molar-refractivity contribution in [1.29, 1.82) is 0 Å². The summed E-state index contributed by atoms with van der Waals surface area (Å²) in [6, 6.07) is 17.2. The van der Waals surface area contributed by atoms with Gasteiger partial charge in [0.2, 0.25) is 0 Å². The molecule has 2 fully saturated rings. The van der Waals surface area contributed by atoms with E-state index < -0.39 is 56.9 Å². The van der Waals surface area contributed by atoms with Gasteiger partial charge < -0.3 is 28.8 Å². The maximum Gasteiger partial charge on any atom is 0.413 e. The van der Waals surface area contributed by atoms with Crippen LogP contribution in [0.2, 0.25) is 18.1 Å². The lowest BCUT2D eigenvalue weighted by Crippen LogP contribution is -2.74. The molecular formula is C29H41NO7Si. The van der Waals surface area contributed by atoms with Gasteiger partial charge in [-0.2, -0.15) is 0 Å². The first kappa shape index (κ1) is 28.7. The Morgan fingerprint density at radius 2 is 1.61 bits per heavy atom. The van der Waals surface area contributed by atoms with Crippen molar-refractivity contribution in [3.8, 4) is 0 Å². The van der Waals surface area contributed by atoms with Crippen LogP contribution in [-0.4, -0.2) is 66.3 Å². The lowest BCUT2D eigenvalue weighted by Gasteiger charge is -2.55. The highest BCUT2D eigenvalue weighted by Gasteiger charge is 2.67. The molecular weight excluding hydrogens is 502 g/mol. The number of likely N-dealkylation sites (tertiary alicyclic amines) is 1. The fourth-order valence-electron chi connectivity index (χ4n) is 4.99. The van der Waals surface area contributed by atoms with E-state index in [1.54, 1.807) is 38.1 Å². The smallest absolute Gasteiger partial charge is 0.413 e. The number of hydrogen-bond acceptors (Lipinski definition) is 7. The number of carbonyl (C=O) groups excluding carboxylic acids is 1. The Balaban J connectivity index is 1.82. The Kier molecular flexibility index (Phi) is 7.84. The molecule has 2 aromatic carbocycles. The van der Waals surface area contributed by atoms with Crippen LogP contribution >= 0.6 is 0 Å². The van der Waals surface area contributed by atoms with Crippen LogP contribution in [0.1, 0.15) is 45.7 Å². The summed E-state index contributed by atoms with van der Waals surface area (Å²) in [5.74, 6) is -1.06. The number of amides is 1. The molecule has 9 heteroatoms. The van der Waals surface area contributed by atoms with Crippen molar-refractivity contribution < 1.29 is 33.6 Å². The van der Waals surface area contributed by atoms with Gasteiger partial charge in [-0.25, -0.2) is 4.79 Å². The predicted octanol–water partition coefficient (Wildman–Crippen LogP) is 4.76. The van der Waals surface area contributed by atoms with Crippen molar-refractivity contribution in [1.82, 2.24) is 4.90 Å². The van der Waals surface area contributed by atoms with Gasteiger partial charge in [0.1, 0.15) is 18.8 Å². The van der Waals surface area contributed by atoms with Gasteiger partial charge in [-0.05, 0) is 37.5 Å². The summed E-state index contributed by atoms with van der Waals surface area (Å²) in [6.45, 7) is 13.6. The summed E-state index contributed by atoms with van der Waals surface area (Å²) >= 11 is 0. The largest absolute Gasteiger partial charge is 0.444 e. The van der Waals surface area contributed by atoms with E-state index >= 15 is 0 Å². The average Bonchev–Trinajstić information content (AvgIpc) is 3.20. The first-order valence-electron chi connectivity index (χ1n) is 13.1. The number of nitrogens with zero attached hydrogens (tertiary/aromatic N) is 1. The van der Waals surface area contributed by atoms with Gasteiger partial charge in [-0.15, -0.1) is 0 Å². The molecule has 38 heavy (non-hydrogen) atoms. The van der Waals surface area contributed by atoms with Crippen molar-refractivity contribution in [3.05, 3.63) is 71.8 Å². The van der Waals surface area contributed by atoms with Gasteiger partial charge in [-0.1, -0.05) is 81.4 Å². The highest BCUT2D eigenvalue weighted by molar-refractivity contribution is 6.74. The monoisotopic (exact) mass is 543 g/mol. The molecule has 208 valence electrons. The van der Waals surface area contributed by atoms with Crippen LogP contribution in [0.15, 0.2) is 60.7 Å². The van der Waals surface area contributed by atoms with Gasteiger partial charge in [0.15, 0.2) is 19.8 Å². The summed E-state index contributed by atoms with van der Waals surface area (Å²) in [6.07, 6.45) is -3.29. The van der Waals surface area contributed by atoms with Gasteiger partial charge in [0, 0.05) is 5.56 Å². The fraction of sp³-hybridized carbons (Fsp3) is 0.552. The summed E-state index contributed by atoms with van der Waals surface area (Å²) < 4.78 is 25.3. The molecule has 1 amide bonds. The molecule has 2 N–H and O–H groups in total. The Morgan fingerprint density at radius 1 is 1.03 bits per heavy atom. The molecule has 0 saturated carbocycles. The molecule has 2 aliphatic rings. The molecule has 2 aliphatic heterocycles. The zero-order valence-corrected chi connectivity index (χ0v) is 24.4. The molecule has 0 aliphatic carbocycles. The summed E-state index contributed by atoms with van der Waals surface area (Å²) in [5, 5.41) is 23.1. The van der Waals surface area contributed by atoms with E-state index in [4.69, 9.17) is 18.6 Å². The number of aliphatic hydroxyl groups is 2. The van der Waals surface area contributed by atoms with Crippen LogP contribution in [0, 0.1) is 0 Å². The number of piperidine rings is 1. The van der Waals surface area contributed by atoms with Gasteiger partial charge in [0.05, 0.1) is 18.8 Å². The number of carbonyl (C=O) groups is 1. The highest BCUT2D eigenvalue weighted by atomic mass is 28.4. The minimum absolute atomic E-state index is 0.00386. The Hall–Kier alpha value is -2.27. The minimum Gasteiger partial charge on any atom is -0.444 e. The van der Waals surface area contributed by atoms with E-state index in [1.807, 2.05) is 36.4 Å². The van der Waals surface area contributed by atoms with Crippen LogP contribution < -0.4 is 0 Å². The second-order valence-corrected chi connectivity index (χ2v) is 16.9. The minimum atomic E-state index is -2.42. The molecule has 0 spiro atoms. The molecule has 4 rings (SSSR count). The van der Waals surface area contributed by atoms with Crippen molar-refractivity contribution in [2.45, 2.75) is 95.2 Å². The highest BCUT2D eigenvalue weighted by Crippen LogP contribution is 2.50. The fourth-order valence-corrected chi connectivity index (χ4v) is 6.32. The van der Waals surface area contributed by atoms with Crippen molar-refractivity contribution >= 4 is 14.4 Å². The molecule has 2 saturated heterocycles. The quantitative estimate of drug-likeness (QED) is 0.507. The second-order valence-electron chi connectivity index (χ2n) is 12.1. The molecule has 0 radical (unpaired) electrons. The van der Waals surface area contributed by atoms with E-state index in [1.165, 1.54) is 4.90 Å². The molecule has 0 aromatic heterocycles. The van der Waals surface area contributed by atoms with E-state index in [2.05, 4.69) is 33.9 Å². The summed E-state index contributed by atoms with van der Waals surface area (Å²) in [5.41, 5.74) is -0.763. The van der Waals surface area contributed by atoms with Gasteiger partial charge >= 0.3 is 6.09 Å². The molecule has 2 aromatic rings. The maximum absolute atomic E-state index is 13.9. The number of aliphatic hydroxyl groups excluding tert-OH is 1. The standard InChI is InChI=1S/C29H41NO7Si/c1-27(2,3)38(6,7)37-23-22(18-31)30(26(32)34-19-20-14-10-8-11-15-20)29(33,21-16-12-9-13-17-21)25-24(23)35-28(4,5)36-25/h8-17,22-25,31,33H,18-19H2,1-7H3/t22-,23-,24+,25+,29?/m1/s1. The van der Waals surface area contributed by atoms with Crippen LogP contribution in [0.25, 0.3) is 0 Å². The first-order valence-corrected chi connectivity index (χ1v) is 16.0. The molecule has 1 unspecified atom stereocenters. The van der Waals surface area contributed by atoms with E-state index in [-0.39, 0.29) is 11.6 Å². The van der Waals surface area contributed by atoms with E-state index in [0.29, 0.717) is 5.56 Å². The third-order valence-electron chi connectivity index (χ3n) is 7.95. The van der Waals surface area contributed by atoms with Gasteiger partial charge in [-0.3, -0.25) is 4.90 Å². The second kappa shape index (κ2) is 10.4. The van der Waals surface area contributed by atoms with Crippen LogP contribution in [0.5, 0.6) is 0 Å². The lowest BCUT2D eigenvalue weighted by atomic mass is 9.81. The Labute approximate surface area is 226 Å². The normalized spacial score (nSPS) is 29.1. The Bertz CT molecular complexity index is 1100. The number of benzene rings is 2. The third kappa shape index (κ3) is 5.28. The SMILES string of the molecule is CC1(C)O[C@H]2[C@H](O[Si](C)(C)C(C)(C)C)[C@@H](CO)N(C(=O)OCc3ccccc3)C(O)(c3ccccc3)[C@H]2O1. The lowest BCUT2D eigenvalue weighted by molar-refractivity contribution is -0.248. The molecule has 2 heterocycles.